The van der Waals surface area contributed by atoms with Gasteiger partial charge in [0.15, 0.2) is 0 Å². The van der Waals surface area contributed by atoms with Gasteiger partial charge in [0.1, 0.15) is 24.2 Å². The van der Waals surface area contributed by atoms with Crippen LogP contribution in [-0.4, -0.2) is 12.5 Å². The number of halogens is 1. The van der Waals surface area contributed by atoms with E-state index in [1.54, 1.807) is 24.5 Å². The Kier molecular flexibility index (Phi) is 3.86. The third-order valence-corrected chi connectivity index (χ3v) is 3.59. The first kappa shape index (κ1) is 14.0. The van der Waals surface area contributed by atoms with E-state index >= 15 is 0 Å². The van der Waals surface area contributed by atoms with E-state index in [1.165, 1.54) is 0 Å². The second kappa shape index (κ2) is 5.79. The topological polar surface area (TPSA) is 63.5 Å². The molecule has 2 N–H and O–H groups in total. The zero-order chi connectivity index (χ0) is 14.8. The molecule has 0 radical (unpaired) electrons. The number of fused-ring (bicyclic) bond motifs is 1. The monoisotopic (exact) mass is 306 g/mol. The third-order valence-electron chi connectivity index (χ3n) is 3.29. The Morgan fingerprint density at radius 3 is 3.05 bits per heavy atom. The standard InChI is InChI=1S/C15H15ClN2O3/c1-2-17-14-10-6-11(16)13(7-12(10)18-15(14)19)21-8-9-4-3-5-20-9/h3-7,14,17H,2,8H2,1H3,(H,18,19). The fraction of sp³-hybridized carbons (Fsp3) is 0.267. The Hall–Kier alpha value is -1.98. The second-order valence-corrected chi connectivity index (χ2v) is 5.13. The van der Waals surface area contributed by atoms with Crippen LogP contribution in [0.15, 0.2) is 34.9 Å². The van der Waals surface area contributed by atoms with Crippen LogP contribution in [0.5, 0.6) is 5.75 Å². The van der Waals surface area contributed by atoms with Gasteiger partial charge in [-0.2, -0.15) is 0 Å². The number of furan rings is 1. The number of hydrogen-bond donors (Lipinski definition) is 2. The van der Waals surface area contributed by atoms with Crippen molar-refractivity contribution in [1.82, 2.24) is 5.32 Å². The molecule has 0 saturated carbocycles. The summed E-state index contributed by atoms with van der Waals surface area (Å²) in [5, 5.41) is 6.43. The maximum absolute atomic E-state index is 11.9. The molecule has 1 aliphatic heterocycles. The van der Waals surface area contributed by atoms with Crippen LogP contribution < -0.4 is 15.4 Å². The maximum Gasteiger partial charge on any atom is 0.246 e. The van der Waals surface area contributed by atoms with E-state index in [-0.39, 0.29) is 18.6 Å². The number of nitrogens with one attached hydrogen (secondary N) is 2. The van der Waals surface area contributed by atoms with Crippen molar-refractivity contribution >= 4 is 23.2 Å². The van der Waals surface area contributed by atoms with Gasteiger partial charge in [0.05, 0.1) is 11.3 Å². The van der Waals surface area contributed by atoms with E-state index in [1.807, 2.05) is 13.0 Å². The normalized spacial score (nSPS) is 16.7. The molecule has 5 nitrogen and oxygen atoms in total. The average Bonchev–Trinajstić information content (AvgIpc) is 3.07. The highest BCUT2D eigenvalue weighted by Crippen LogP contribution is 2.38. The molecule has 0 spiro atoms. The lowest BCUT2D eigenvalue weighted by Gasteiger charge is -2.11. The Balaban J connectivity index is 1.82. The molecule has 1 aliphatic rings. The molecule has 1 amide bonds. The Morgan fingerprint density at radius 1 is 1.48 bits per heavy atom. The summed E-state index contributed by atoms with van der Waals surface area (Å²) in [5.41, 5.74) is 1.57. The summed E-state index contributed by atoms with van der Waals surface area (Å²) in [6.07, 6.45) is 1.59. The predicted molar refractivity (Wildman–Crippen MR) is 79.5 cm³/mol. The molecule has 0 saturated heterocycles. The SMILES string of the molecule is CCNC1C(=O)Nc2cc(OCc3ccco3)c(Cl)cc21. The lowest BCUT2D eigenvalue weighted by molar-refractivity contribution is -0.117. The molecule has 110 valence electrons. The molecule has 2 heterocycles. The van der Waals surface area contributed by atoms with E-state index in [0.717, 1.165) is 11.3 Å². The lowest BCUT2D eigenvalue weighted by atomic mass is 10.1. The summed E-state index contributed by atoms with van der Waals surface area (Å²) in [5.74, 6) is 1.15. The smallest absolute Gasteiger partial charge is 0.246 e. The molecule has 0 bridgehead atoms. The molecular formula is C15H15ClN2O3. The van der Waals surface area contributed by atoms with Crippen LogP contribution in [-0.2, 0) is 11.4 Å². The highest BCUT2D eigenvalue weighted by atomic mass is 35.5. The minimum atomic E-state index is -0.360. The second-order valence-electron chi connectivity index (χ2n) is 4.72. The first-order chi connectivity index (χ1) is 10.2. The van der Waals surface area contributed by atoms with Crippen LogP contribution in [0.1, 0.15) is 24.3 Å². The van der Waals surface area contributed by atoms with Crippen LogP contribution in [0.3, 0.4) is 0 Å². The lowest BCUT2D eigenvalue weighted by Crippen LogP contribution is -2.27. The summed E-state index contributed by atoms with van der Waals surface area (Å²) in [4.78, 5) is 11.9. The number of likely N-dealkylation sites (N-methyl/N-ethyl adjacent to an activating group) is 1. The van der Waals surface area contributed by atoms with Crippen molar-refractivity contribution in [2.75, 3.05) is 11.9 Å². The average molecular weight is 307 g/mol. The Labute approximate surface area is 127 Å². The summed E-state index contributed by atoms with van der Waals surface area (Å²) in [6, 6.07) is 6.77. The molecule has 21 heavy (non-hydrogen) atoms. The maximum atomic E-state index is 11.9. The van der Waals surface area contributed by atoms with Crippen LogP contribution in [0.4, 0.5) is 5.69 Å². The van der Waals surface area contributed by atoms with Gasteiger partial charge >= 0.3 is 0 Å². The molecule has 6 heteroatoms. The highest BCUT2D eigenvalue weighted by molar-refractivity contribution is 6.32. The van der Waals surface area contributed by atoms with E-state index in [9.17, 15) is 4.79 Å². The van der Waals surface area contributed by atoms with Gasteiger partial charge in [-0.1, -0.05) is 18.5 Å². The Morgan fingerprint density at radius 2 is 2.33 bits per heavy atom. The van der Waals surface area contributed by atoms with Crippen molar-refractivity contribution < 1.29 is 13.9 Å². The van der Waals surface area contributed by atoms with Crippen LogP contribution >= 0.6 is 11.6 Å². The van der Waals surface area contributed by atoms with Crippen molar-refractivity contribution in [3.05, 3.63) is 46.9 Å². The number of benzene rings is 1. The van der Waals surface area contributed by atoms with Gasteiger partial charge in [0.2, 0.25) is 5.91 Å². The number of anilines is 1. The van der Waals surface area contributed by atoms with Gasteiger partial charge in [0, 0.05) is 17.3 Å². The number of rotatable bonds is 5. The molecule has 3 rings (SSSR count). The first-order valence-corrected chi connectivity index (χ1v) is 7.09. The van der Waals surface area contributed by atoms with Gasteiger partial charge in [-0.05, 0) is 24.7 Å². The van der Waals surface area contributed by atoms with Crippen molar-refractivity contribution in [1.29, 1.82) is 0 Å². The number of carbonyl (C=O) groups excluding carboxylic acids is 1. The summed E-state index contributed by atoms with van der Waals surface area (Å²) >= 11 is 6.24. The molecule has 1 aromatic heterocycles. The van der Waals surface area contributed by atoms with Crippen molar-refractivity contribution in [2.24, 2.45) is 0 Å². The molecule has 1 unspecified atom stereocenters. The zero-order valence-electron chi connectivity index (χ0n) is 11.5. The van der Waals surface area contributed by atoms with Gasteiger partial charge in [0.25, 0.3) is 0 Å². The van der Waals surface area contributed by atoms with E-state index in [0.29, 0.717) is 23.1 Å². The number of carbonyl (C=O) groups is 1. The molecule has 1 aromatic carbocycles. The van der Waals surface area contributed by atoms with Crippen molar-refractivity contribution in [2.45, 2.75) is 19.6 Å². The molecule has 0 fully saturated rings. The predicted octanol–water partition coefficient (Wildman–Crippen LogP) is 3.11. The van der Waals surface area contributed by atoms with Gasteiger partial charge in [-0.25, -0.2) is 0 Å². The zero-order valence-corrected chi connectivity index (χ0v) is 12.2. The Bertz CT molecular complexity index is 655. The number of amides is 1. The van der Waals surface area contributed by atoms with Gasteiger partial charge in [-0.15, -0.1) is 0 Å². The van der Waals surface area contributed by atoms with E-state index in [2.05, 4.69) is 10.6 Å². The molecule has 0 aliphatic carbocycles. The van der Waals surface area contributed by atoms with Crippen molar-refractivity contribution in [3.63, 3.8) is 0 Å². The minimum absolute atomic E-state index is 0.0777. The fourth-order valence-corrected chi connectivity index (χ4v) is 2.55. The summed E-state index contributed by atoms with van der Waals surface area (Å²) in [7, 11) is 0. The number of ether oxygens (including phenoxy) is 1. The van der Waals surface area contributed by atoms with Crippen LogP contribution in [0.25, 0.3) is 0 Å². The molecule has 2 aromatic rings. The van der Waals surface area contributed by atoms with Crippen molar-refractivity contribution in [3.8, 4) is 5.75 Å². The number of hydrogen-bond acceptors (Lipinski definition) is 4. The van der Waals surface area contributed by atoms with Gasteiger partial charge in [-0.3, -0.25) is 4.79 Å². The third kappa shape index (κ3) is 2.75. The minimum Gasteiger partial charge on any atom is -0.484 e. The molecular weight excluding hydrogens is 292 g/mol. The molecule has 1 atom stereocenters. The quantitative estimate of drug-likeness (QED) is 0.891. The van der Waals surface area contributed by atoms with E-state index in [4.69, 9.17) is 20.8 Å². The largest absolute Gasteiger partial charge is 0.484 e. The van der Waals surface area contributed by atoms with Crippen LogP contribution in [0, 0.1) is 0 Å². The van der Waals surface area contributed by atoms with Crippen LogP contribution in [0.2, 0.25) is 5.02 Å². The van der Waals surface area contributed by atoms with Gasteiger partial charge < -0.3 is 19.8 Å². The first-order valence-electron chi connectivity index (χ1n) is 6.72. The highest BCUT2D eigenvalue weighted by Gasteiger charge is 2.31. The summed E-state index contributed by atoms with van der Waals surface area (Å²) in [6.45, 7) is 2.94. The fourth-order valence-electron chi connectivity index (χ4n) is 2.32. The summed E-state index contributed by atoms with van der Waals surface area (Å²) < 4.78 is 10.8. The van der Waals surface area contributed by atoms with E-state index < -0.39 is 0 Å².